The molecule has 0 amide bonds. The molecule has 1 aliphatic carbocycles. The number of nitrogens with zero attached hydrogens (tertiary/aromatic N) is 2. The lowest BCUT2D eigenvalue weighted by atomic mass is 9.94. The predicted octanol–water partition coefficient (Wildman–Crippen LogP) is 3.87. The lowest BCUT2D eigenvalue weighted by Crippen LogP contribution is -2.35. The molecule has 1 saturated carbocycles. The van der Waals surface area contributed by atoms with Gasteiger partial charge in [-0.15, -0.1) is 0 Å². The number of hydrogen-bond acceptors (Lipinski definition) is 6. The first kappa shape index (κ1) is 18.4. The molecule has 0 bridgehead atoms. The van der Waals surface area contributed by atoms with Crippen molar-refractivity contribution in [3.63, 3.8) is 0 Å². The van der Waals surface area contributed by atoms with Crippen LogP contribution in [0.5, 0.6) is 0 Å². The van der Waals surface area contributed by atoms with Gasteiger partial charge in [0.05, 0.1) is 11.7 Å². The minimum absolute atomic E-state index is 0.118. The molecule has 0 spiro atoms. The van der Waals surface area contributed by atoms with Gasteiger partial charge >= 0.3 is 18.0 Å². The summed E-state index contributed by atoms with van der Waals surface area (Å²) in [5.74, 6) is -2.13. The number of halogens is 3. The monoisotopic (exact) mass is 370 g/mol. The third-order valence-corrected chi connectivity index (χ3v) is 4.25. The van der Waals surface area contributed by atoms with Crippen molar-refractivity contribution in [1.29, 1.82) is 0 Å². The van der Waals surface area contributed by atoms with E-state index in [0.29, 0.717) is 5.56 Å². The molecular weight excluding hydrogens is 353 g/mol. The standard InChI is InChI=1S/C17H17F3N2O4/c1-24-12-4-2-3-5-13(12)25-15(23)11-8-6-10(7-9-11)14-21-16(26-22-14)17(18,19)20/h6-9,12-13H,2-5H2,1H3. The van der Waals surface area contributed by atoms with E-state index in [4.69, 9.17) is 9.47 Å². The topological polar surface area (TPSA) is 74.5 Å². The van der Waals surface area contributed by atoms with Crippen LogP contribution >= 0.6 is 0 Å². The Morgan fingerprint density at radius 3 is 2.38 bits per heavy atom. The van der Waals surface area contributed by atoms with Crippen LogP contribution in [0, 0.1) is 0 Å². The summed E-state index contributed by atoms with van der Waals surface area (Å²) in [7, 11) is 1.59. The molecule has 6 nitrogen and oxygen atoms in total. The second-order valence-corrected chi connectivity index (χ2v) is 6.00. The number of rotatable bonds is 4. The maximum atomic E-state index is 12.5. The van der Waals surface area contributed by atoms with Gasteiger partial charge in [-0.3, -0.25) is 0 Å². The third kappa shape index (κ3) is 4.04. The second kappa shape index (κ2) is 7.45. The molecule has 1 aromatic heterocycles. The van der Waals surface area contributed by atoms with E-state index < -0.39 is 18.0 Å². The summed E-state index contributed by atoms with van der Waals surface area (Å²) in [6, 6.07) is 5.78. The first-order valence-corrected chi connectivity index (χ1v) is 8.13. The summed E-state index contributed by atoms with van der Waals surface area (Å²) in [4.78, 5) is 15.6. The minimum atomic E-state index is -4.70. The Morgan fingerprint density at radius 1 is 1.15 bits per heavy atom. The first-order chi connectivity index (χ1) is 12.4. The number of esters is 1. The van der Waals surface area contributed by atoms with Gasteiger partial charge in [0.15, 0.2) is 0 Å². The molecule has 0 saturated heterocycles. The quantitative estimate of drug-likeness (QED) is 0.761. The zero-order valence-electron chi connectivity index (χ0n) is 14.0. The van der Waals surface area contributed by atoms with E-state index in [2.05, 4.69) is 14.7 Å². The van der Waals surface area contributed by atoms with Gasteiger partial charge in [-0.2, -0.15) is 18.2 Å². The Morgan fingerprint density at radius 2 is 1.81 bits per heavy atom. The third-order valence-electron chi connectivity index (χ3n) is 4.25. The molecule has 9 heteroatoms. The maximum Gasteiger partial charge on any atom is 0.471 e. The second-order valence-electron chi connectivity index (χ2n) is 6.00. The summed E-state index contributed by atoms with van der Waals surface area (Å²) < 4.78 is 52.6. The molecule has 1 aliphatic rings. The zero-order chi connectivity index (χ0) is 18.7. The average Bonchev–Trinajstić information content (AvgIpc) is 3.13. The molecular formula is C17H17F3N2O4. The molecule has 140 valence electrons. The molecule has 1 aromatic carbocycles. The number of carbonyl (C=O) groups is 1. The Balaban J connectivity index is 1.69. The van der Waals surface area contributed by atoms with Crippen LogP contribution in [-0.2, 0) is 15.7 Å². The van der Waals surface area contributed by atoms with Gasteiger partial charge in [0.1, 0.15) is 6.10 Å². The van der Waals surface area contributed by atoms with Crippen molar-refractivity contribution in [2.24, 2.45) is 0 Å². The predicted molar refractivity (Wildman–Crippen MR) is 83.2 cm³/mol. The van der Waals surface area contributed by atoms with Crippen molar-refractivity contribution >= 4 is 5.97 Å². The number of alkyl halides is 3. The van der Waals surface area contributed by atoms with Crippen molar-refractivity contribution in [1.82, 2.24) is 10.1 Å². The summed E-state index contributed by atoms with van der Waals surface area (Å²) in [6.45, 7) is 0. The van der Waals surface area contributed by atoms with Gasteiger partial charge < -0.3 is 14.0 Å². The number of aromatic nitrogens is 2. The first-order valence-electron chi connectivity index (χ1n) is 8.13. The Bertz CT molecular complexity index is 758. The Kier molecular flexibility index (Phi) is 5.26. The molecule has 0 aliphatic heterocycles. The van der Waals surface area contributed by atoms with E-state index in [1.807, 2.05) is 0 Å². The van der Waals surface area contributed by atoms with E-state index in [1.54, 1.807) is 7.11 Å². The zero-order valence-corrected chi connectivity index (χ0v) is 14.0. The van der Waals surface area contributed by atoms with E-state index in [9.17, 15) is 18.0 Å². The summed E-state index contributed by atoms with van der Waals surface area (Å²) in [6.07, 6.45) is -1.54. The minimum Gasteiger partial charge on any atom is -0.456 e. The van der Waals surface area contributed by atoms with Gasteiger partial charge in [0.2, 0.25) is 5.82 Å². The van der Waals surface area contributed by atoms with E-state index in [1.165, 1.54) is 24.3 Å². The maximum absolute atomic E-state index is 12.5. The molecule has 3 rings (SSSR count). The molecule has 2 unspecified atom stereocenters. The van der Waals surface area contributed by atoms with Gasteiger partial charge in [0, 0.05) is 12.7 Å². The molecule has 0 radical (unpaired) electrons. The summed E-state index contributed by atoms with van der Waals surface area (Å²) >= 11 is 0. The van der Waals surface area contributed by atoms with Crippen molar-refractivity contribution in [2.45, 2.75) is 44.1 Å². The van der Waals surface area contributed by atoms with Crippen molar-refractivity contribution < 1.29 is 32.0 Å². The molecule has 2 aromatic rings. The number of carbonyl (C=O) groups excluding carboxylic acids is 1. The highest BCUT2D eigenvalue weighted by atomic mass is 19.4. The van der Waals surface area contributed by atoms with Crippen LogP contribution in [0.4, 0.5) is 13.2 Å². The fraction of sp³-hybridized carbons (Fsp3) is 0.471. The molecule has 26 heavy (non-hydrogen) atoms. The molecule has 2 atom stereocenters. The molecule has 1 heterocycles. The lowest BCUT2D eigenvalue weighted by Gasteiger charge is -2.29. The van der Waals surface area contributed by atoms with Crippen LogP contribution in [0.15, 0.2) is 28.8 Å². The van der Waals surface area contributed by atoms with Gasteiger partial charge in [-0.05, 0) is 31.4 Å². The highest BCUT2D eigenvalue weighted by molar-refractivity contribution is 5.90. The summed E-state index contributed by atoms with van der Waals surface area (Å²) in [5, 5.41) is 3.30. The SMILES string of the molecule is COC1CCCCC1OC(=O)c1ccc(-c2noc(C(F)(F)F)n2)cc1. The van der Waals surface area contributed by atoms with Gasteiger partial charge in [-0.25, -0.2) is 4.79 Å². The van der Waals surface area contributed by atoms with Crippen LogP contribution in [0.2, 0.25) is 0 Å². The summed E-state index contributed by atoms with van der Waals surface area (Å²) in [5.41, 5.74) is 0.585. The van der Waals surface area contributed by atoms with Crippen LogP contribution < -0.4 is 0 Å². The van der Waals surface area contributed by atoms with Gasteiger partial charge in [0.25, 0.3) is 0 Å². The van der Waals surface area contributed by atoms with Crippen molar-refractivity contribution in [3.8, 4) is 11.4 Å². The average molecular weight is 370 g/mol. The Labute approximate surface area is 147 Å². The number of hydrogen-bond donors (Lipinski definition) is 0. The van der Waals surface area contributed by atoms with Crippen molar-refractivity contribution in [2.75, 3.05) is 7.11 Å². The Hall–Kier alpha value is -2.42. The van der Waals surface area contributed by atoms with Gasteiger partial charge in [-0.1, -0.05) is 23.7 Å². The lowest BCUT2D eigenvalue weighted by molar-refractivity contribution is -0.159. The van der Waals surface area contributed by atoms with E-state index in [-0.39, 0.29) is 23.6 Å². The van der Waals surface area contributed by atoms with Crippen LogP contribution in [0.3, 0.4) is 0 Å². The normalized spacial score (nSPS) is 20.8. The fourth-order valence-corrected chi connectivity index (χ4v) is 2.88. The highest BCUT2D eigenvalue weighted by Gasteiger charge is 2.38. The van der Waals surface area contributed by atoms with Crippen LogP contribution in [-0.4, -0.2) is 35.4 Å². The number of methoxy groups -OCH3 is 1. The molecule has 1 fully saturated rings. The van der Waals surface area contributed by atoms with Crippen LogP contribution in [0.25, 0.3) is 11.4 Å². The van der Waals surface area contributed by atoms with E-state index >= 15 is 0 Å². The molecule has 0 N–H and O–H groups in total. The number of ether oxygens (including phenoxy) is 2. The highest BCUT2D eigenvalue weighted by Crippen LogP contribution is 2.29. The number of benzene rings is 1. The van der Waals surface area contributed by atoms with E-state index in [0.717, 1.165) is 25.7 Å². The fourth-order valence-electron chi connectivity index (χ4n) is 2.88. The van der Waals surface area contributed by atoms with Crippen LogP contribution in [0.1, 0.15) is 41.9 Å². The largest absolute Gasteiger partial charge is 0.471 e. The van der Waals surface area contributed by atoms with Crippen molar-refractivity contribution in [3.05, 3.63) is 35.7 Å². The smallest absolute Gasteiger partial charge is 0.456 e.